The predicted molar refractivity (Wildman–Crippen MR) is 74.5 cm³/mol. The third-order valence-corrected chi connectivity index (χ3v) is 3.54. The Hall–Kier alpha value is -1.81. The standard InChI is InChI=1S/C15H19N3O/c1-12-4-2-3-5-15(12)19-14-9-17-18(11-14)10-13-6-7-16-8-13/h2-5,9,11,13,16H,6-8,10H2,1H3. The molecule has 4 heteroatoms. The molecule has 19 heavy (non-hydrogen) atoms. The van der Waals surface area contributed by atoms with Gasteiger partial charge in [0.05, 0.1) is 12.4 Å². The van der Waals surface area contributed by atoms with Crippen molar-refractivity contribution in [2.24, 2.45) is 5.92 Å². The summed E-state index contributed by atoms with van der Waals surface area (Å²) in [5, 5.41) is 7.74. The molecular formula is C15H19N3O. The Morgan fingerprint density at radius 3 is 3.11 bits per heavy atom. The van der Waals surface area contributed by atoms with E-state index in [-0.39, 0.29) is 0 Å². The fourth-order valence-corrected chi connectivity index (χ4v) is 2.43. The van der Waals surface area contributed by atoms with Crippen LogP contribution < -0.4 is 10.1 Å². The summed E-state index contributed by atoms with van der Waals surface area (Å²) < 4.78 is 7.83. The Morgan fingerprint density at radius 1 is 1.42 bits per heavy atom. The van der Waals surface area contributed by atoms with Crippen LogP contribution in [0.15, 0.2) is 36.7 Å². The van der Waals surface area contributed by atoms with Crippen molar-refractivity contribution in [2.75, 3.05) is 13.1 Å². The van der Waals surface area contributed by atoms with E-state index >= 15 is 0 Å². The summed E-state index contributed by atoms with van der Waals surface area (Å²) in [6, 6.07) is 8.02. The van der Waals surface area contributed by atoms with E-state index in [1.165, 1.54) is 6.42 Å². The van der Waals surface area contributed by atoms with Gasteiger partial charge in [-0.15, -0.1) is 0 Å². The molecule has 1 aromatic carbocycles. The SMILES string of the molecule is Cc1ccccc1Oc1cnn(CC2CCNC2)c1. The fourth-order valence-electron chi connectivity index (χ4n) is 2.43. The van der Waals surface area contributed by atoms with Crippen LogP contribution in [0.5, 0.6) is 11.5 Å². The van der Waals surface area contributed by atoms with E-state index < -0.39 is 0 Å². The van der Waals surface area contributed by atoms with Crippen molar-refractivity contribution in [1.82, 2.24) is 15.1 Å². The Morgan fingerprint density at radius 2 is 2.32 bits per heavy atom. The first-order valence-corrected chi connectivity index (χ1v) is 6.78. The summed E-state index contributed by atoms with van der Waals surface area (Å²) in [5.41, 5.74) is 1.13. The molecule has 1 aromatic heterocycles. The van der Waals surface area contributed by atoms with Gasteiger partial charge in [0.2, 0.25) is 0 Å². The highest BCUT2D eigenvalue weighted by atomic mass is 16.5. The Kier molecular flexibility index (Phi) is 3.51. The van der Waals surface area contributed by atoms with Crippen molar-refractivity contribution in [3.8, 4) is 11.5 Å². The number of benzene rings is 1. The molecule has 1 aliphatic heterocycles. The molecule has 1 saturated heterocycles. The molecule has 0 radical (unpaired) electrons. The number of hydrogen-bond acceptors (Lipinski definition) is 3. The van der Waals surface area contributed by atoms with Crippen LogP contribution in [0.4, 0.5) is 0 Å². The lowest BCUT2D eigenvalue weighted by atomic mass is 10.1. The van der Waals surface area contributed by atoms with Crippen molar-refractivity contribution >= 4 is 0 Å². The minimum absolute atomic E-state index is 0.686. The highest BCUT2D eigenvalue weighted by molar-refractivity contribution is 5.35. The van der Waals surface area contributed by atoms with Gasteiger partial charge in [0.25, 0.3) is 0 Å². The van der Waals surface area contributed by atoms with E-state index in [0.29, 0.717) is 5.92 Å². The van der Waals surface area contributed by atoms with Crippen molar-refractivity contribution in [2.45, 2.75) is 19.9 Å². The first-order chi connectivity index (χ1) is 9.31. The van der Waals surface area contributed by atoms with Crippen LogP contribution >= 0.6 is 0 Å². The average molecular weight is 257 g/mol. The molecule has 4 nitrogen and oxygen atoms in total. The molecule has 0 saturated carbocycles. The maximum Gasteiger partial charge on any atom is 0.165 e. The van der Waals surface area contributed by atoms with Crippen LogP contribution in [0.25, 0.3) is 0 Å². The van der Waals surface area contributed by atoms with Gasteiger partial charge in [-0.2, -0.15) is 5.10 Å². The second-order valence-corrected chi connectivity index (χ2v) is 5.12. The lowest BCUT2D eigenvalue weighted by Gasteiger charge is -2.08. The van der Waals surface area contributed by atoms with Crippen LogP contribution in [-0.2, 0) is 6.54 Å². The fraction of sp³-hybridized carbons (Fsp3) is 0.400. The van der Waals surface area contributed by atoms with E-state index in [1.807, 2.05) is 42.1 Å². The lowest BCUT2D eigenvalue weighted by Crippen LogP contribution is -2.14. The lowest BCUT2D eigenvalue weighted by molar-refractivity contribution is 0.444. The number of nitrogens with zero attached hydrogens (tertiary/aromatic N) is 2. The molecule has 3 rings (SSSR count). The number of ether oxygens (including phenoxy) is 1. The summed E-state index contributed by atoms with van der Waals surface area (Å²) in [6.07, 6.45) is 4.99. The minimum atomic E-state index is 0.686. The zero-order valence-corrected chi connectivity index (χ0v) is 11.2. The number of para-hydroxylation sites is 1. The first kappa shape index (κ1) is 12.2. The largest absolute Gasteiger partial charge is 0.454 e. The molecule has 0 spiro atoms. The number of rotatable bonds is 4. The molecule has 1 aliphatic rings. The summed E-state index contributed by atoms with van der Waals surface area (Å²) >= 11 is 0. The van der Waals surface area contributed by atoms with Gasteiger partial charge in [-0.3, -0.25) is 4.68 Å². The quantitative estimate of drug-likeness (QED) is 0.915. The van der Waals surface area contributed by atoms with E-state index in [4.69, 9.17) is 4.74 Å². The smallest absolute Gasteiger partial charge is 0.165 e. The normalized spacial score (nSPS) is 18.7. The molecule has 1 unspecified atom stereocenters. The molecule has 100 valence electrons. The van der Waals surface area contributed by atoms with Crippen LogP contribution in [0.1, 0.15) is 12.0 Å². The van der Waals surface area contributed by atoms with Crippen molar-refractivity contribution < 1.29 is 4.74 Å². The molecule has 2 aromatic rings. The summed E-state index contributed by atoms with van der Waals surface area (Å²) in [7, 11) is 0. The van der Waals surface area contributed by atoms with Crippen molar-refractivity contribution in [3.05, 3.63) is 42.2 Å². The van der Waals surface area contributed by atoms with E-state index in [1.54, 1.807) is 6.20 Å². The molecule has 2 heterocycles. The third kappa shape index (κ3) is 2.96. The van der Waals surface area contributed by atoms with Crippen LogP contribution in [0.3, 0.4) is 0 Å². The summed E-state index contributed by atoms with van der Waals surface area (Å²) in [4.78, 5) is 0. The maximum atomic E-state index is 5.86. The summed E-state index contributed by atoms with van der Waals surface area (Å²) in [6.45, 7) is 5.22. The van der Waals surface area contributed by atoms with Gasteiger partial charge in [0, 0.05) is 6.54 Å². The second kappa shape index (κ2) is 5.45. The molecule has 0 bridgehead atoms. The highest BCUT2D eigenvalue weighted by Crippen LogP contribution is 2.24. The second-order valence-electron chi connectivity index (χ2n) is 5.12. The van der Waals surface area contributed by atoms with Gasteiger partial charge >= 0.3 is 0 Å². The monoisotopic (exact) mass is 257 g/mol. The number of aryl methyl sites for hydroxylation is 1. The molecular weight excluding hydrogens is 238 g/mol. The first-order valence-electron chi connectivity index (χ1n) is 6.78. The van der Waals surface area contributed by atoms with Gasteiger partial charge in [0.1, 0.15) is 5.75 Å². The minimum Gasteiger partial charge on any atom is -0.454 e. The van der Waals surface area contributed by atoms with Gasteiger partial charge in [-0.1, -0.05) is 18.2 Å². The van der Waals surface area contributed by atoms with E-state index in [2.05, 4.69) is 10.4 Å². The molecule has 1 atom stereocenters. The summed E-state index contributed by atoms with van der Waals surface area (Å²) in [5.74, 6) is 2.39. The third-order valence-electron chi connectivity index (χ3n) is 3.54. The number of hydrogen-bond donors (Lipinski definition) is 1. The van der Waals surface area contributed by atoms with Gasteiger partial charge in [-0.05, 0) is 44.0 Å². The van der Waals surface area contributed by atoms with Crippen LogP contribution in [0, 0.1) is 12.8 Å². The van der Waals surface area contributed by atoms with Crippen molar-refractivity contribution in [3.63, 3.8) is 0 Å². The Balaban J connectivity index is 1.66. The van der Waals surface area contributed by atoms with E-state index in [9.17, 15) is 0 Å². The number of aromatic nitrogens is 2. The molecule has 0 amide bonds. The zero-order valence-electron chi connectivity index (χ0n) is 11.2. The van der Waals surface area contributed by atoms with Crippen molar-refractivity contribution in [1.29, 1.82) is 0 Å². The van der Waals surface area contributed by atoms with Gasteiger partial charge in [-0.25, -0.2) is 0 Å². The predicted octanol–water partition coefficient (Wildman–Crippen LogP) is 2.59. The van der Waals surface area contributed by atoms with Crippen LogP contribution in [-0.4, -0.2) is 22.9 Å². The topological polar surface area (TPSA) is 39.1 Å². The molecule has 1 N–H and O–H groups in total. The van der Waals surface area contributed by atoms with Gasteiger partial charge < -0.3 is 10.1 Å². The highest BCUT2D eigenvalue weighted by Gasteiger charge is 2.15. The number of nitrogens with one attached hydrogen (secondary N) is 1. The Labute approximate surface area is 113 Å². The van der Waals surface area contributed by atoms with Gasteiger partial charge in [0.15, 0.2) is 5.75 Å². The van der Waals surface area contributed by atoms with Crippen LogP contribution in [0.2, 0.25) is 0 Å². The molecule has 1 fully saturated rings. The Bertz CT molecular complexity index is 544. The zero-order chi connectivity index (χ0) is 13.1. The average Bonchev–Trinajstić information content (AvgIpc) is 3.05. The molecule has 0 aliphatic carbocycles. The van der Waals surface area contributed by atoms with E-state index in [0.717, 1.165) is 36.7 Å². The maximum absolute atomic E-state index is 5.86.